The number of rotatable bonds is 8. The van der Waals surface area contributed by atoms with Gasteiger partial charge in [0.2, 0.25) is 15.7 Å². The van der Waals surface area contributed by atoms with Gasteiger partial charge in [-0.3, -0.25) is 9.59 Å². The highest BCUT2D eigenvalue weighted by atomic mass is 32.2. The van der Waals surface area contributed by atoms with Crippen LogP contribution < -0.4 is 10.1 Å². The minimum atomic E-state index is -4.19. The summed E-state index contributed by atoms with van der Waals surface area (Å²) in [5, 5.41) is 12.1. The van der Waals surface area contributed by atoms with E-state index in [0.717, 1.165) is 6.07 Å². The first-order valence-corrected chi connectivity index (χ1v) is 13.1. The number of carboxylic acids is 1. The number of carboxylic acid groups (broad SMARTS) is 1. The molecule has 0 aliphatic carbocycles. The summed E-state index contributed by atoms with van der Waals surface area (Å²) < 4.78 is 32.8. The molecule has 1 aromatic heterocycles. The Bertz CT molecular complexity index is 1600. The molecular weight excluding hydrogens is 510 g/mol. The number of benzene rings is 2. The molecule has 0 spiro atoms. The van der Waals surface area contributed by atoms with Gasteiger partial charge in [-0.25, -0.2) is 13.2 Å². The summed E-state index contributed by atoms with van der Waals surface area (Å²) in [4.78, 5) is 41.0. The highest BCUT2D eigenvalue weighted by Crippen LogP contribution is 2.38. The lowest BCUT2D eigenvalue weighted by atomic mass is 10.0. The van der Waals surface area contributed by atoms with Crippen molar-refractivity contribution in [2.75, 3.05) is 26.5 Å². The first kappa shape index (κ1) is 26.7. The summed E-state index contributed by atoms with van der Waals surface area (Å²) in [6, 6.07) is 10.2. The van der Waals surface area contributed by atoms with Crippen molar-refractivity contribution in [1.29, 1.82) is 0 Å². The summed E-state index contributed by atoms with van der Waals surface area (Å²) in [6.07, 6.45) is 1.67. The van der Waals surface area contributed by atoms with E-state index in [1.54, 1.807) is 45.3 Å². The van der Waals surface area contributed by atoms with Gasteiger partial charge in [-0.05, 0) is 55.3 Å². The predicted octanol–water partition coefficient (Wildman–Crippen LogP) is 3.38. The van der Waals surface area contributed by atoms with Gasteiger partial charge in [0.25, 0.3) is 5.91 Å². The maximum atomic E-state index is 13.8. The van der Waals surface area contributed by atoms with E-state index >= 15 is 0 Å². The number of carbonyl (C=O) groups is 3. The lowest BCUT2D eigenvalue weighted by Gasteiger charge is -2.12. The monoisotopic (exact) mass is 537 g/mol. The molecule has 2 aromatic carbocycles. The molecule has 0 radical (unpaired) electrons. The van der Waals surface area contributed by atoms with Gasteiger partial charge in [-0.2, -0.15) is 0 Å². The molecule has 1 aliphatic rings. The molecule has 1 aliphatic heterocycles. The summed E-state index contributed by atoms with van der Waals surface area (Å²) in [5.41, 5.74) is 2.35. The van der Waals surface area contributed by atoms with Crippen molar-refractivity contribution in [2.24, 2.45) is 0 Å². The van der Waals surface area contributed by atoms with Crippen molar-refractivity contribution >= 4 is 45.0 Å². The van der Waals surface area contributed by atoms with Crippen LogP contribution in [-0.4, -0.2) is 62.4 Å². The number of aromatic carboxylic acids is 1. The Labute approximate surface area is 219 Å². The van der Waals surface area contributed by atoms with Crippen LogP contribution in [0.3, 0.4) is 0 Å². The third kappa shape index (κ3) is 4.92. The number of aromatic amines is 1. The van der Waals surface area contributed by atoms with E-state index in [1.807, 2.05) is 0 Å². The zero-order valence-corrected chi connectivity index (χ0v) is 22.1. The Morgan fingerprint density at radius 1 is 1.13 bits per heavy atom. The average Bonchev–Trinajstić information content (AvgIpc) is 3.37. The van der Waals surface area contributed by atoms with Gasteiger partial charge in [-0.1, -0.05) is 6.07 Å². The zero-order chi connectivity index (χ0) is 27.8. The van der Waals surface area contributed by atoms with Crippen molar-refractivity contribution in [1.82, 2.24) is 9.88 Å². The normalized spacial score (nSPS) is 13.8. The lowest BCUT2D eigenvalue weighted by Crippen LogP contribution is -2.22. The Balaban J connectivity index is 1.88. The SMILES string of the molecule is COc1ccc2c(c1)NC(=O)/C2=C/c1[nH]c(C)c(S(=O)(=O)c2cccc(C(=O)O)c2)c1CCC(=O)N(C)C. The standard InChI is InChI=1S/C27H27N3O7S/c1-15-25(38(35,36)18-7-5-6-16(12-18)27(33)34)20(10-11-24(31)30(2)3)23(28-15)14-21-19-9-8-17(37-4)13-22(19)29-26(21)32/h5-9,12-14,28H,10-11H2,1-4H3,(H,29,32)(H,33,34)/b21-14+. The minimum absolute atomic E-state index is 0.0259. The van der Waals surface area contributed by atoms with Crippen LogP contribution in [0.5, 0.6) is 5.75 Å². The largest absolute Gasteiger partial charge is 0.497 e. The minimum Gasteiger partial charge on any atom is -0.497 e. The predicted molar refractivity (Wildman–Crippen MR) is 141 cm³/mol. The third-order valence-electron chi connectivity index (χ3n) is 6.31. The van der Waals surface area contributed by atoms with Gasteiger partial charge in [0.1, 0.15) is 5.75 Å². The quantitative estimate of drug-likeness (QED) is 0.374. The van der Waals surface area contributed by atoms with Crippen LogP contribution in [0.25, 0.3) is 11.6 Å². The van der Waals surface area contributed by atoms with Crippen LogP contribution in [0.4, 0.5) is 5.69 Å². The first-order chi connectivity index (χ1) is 17.9. The smallest absolute Gasteiger partial charge is 0.335 e. The van der Waals surface area contributed by atoms with Gasteiger partial charge in [0, 0.05) is 43.5 Å². The number of sulfone groups is 1. The van der Waals surface area contributed by atoms with E-state index in [9.17, 15) is 27.9 Å². The molecule has 0 bridgehead atoms. The molecule has 0 saturated heterocycles. The number of hydrogen-bond acceptors (Lipinski definition) is 6. The molecule has 10 nitrogen and oxygen atoms in total. The van der Waals surface area contributed by atoms with Crippen LogP contribution in [0.15, 0.2) is 52.3 Å². The van der Waals surface area contributed by atoms with Crippen LogP contribution in [0.2, 0.25) is 0 Å². The highest BCUT2D eigenvalue weighted by molar-refractivity contribution is 7.91. The summed E-state index contributed by atoms with van der Waals surface area (Å²) >= 11 is 0. The fourth-order valence-corrected chi connectivity index (χ4v) is 6.14. The zero-order valence-electron chi connectivity index (χ0n) is 21.3. The van der Waals surface area contributed by atoms with Gasteiger partial charge in [0.05, 0.1) is 33.7 Å². The summed E-state index contributed by atoms with van der Waals surface area (Å²) in [6.45, 7) is 1.58. The van der Waals surface area contributed by atoms with E-state index in [0.29, 0.717) is 39.5 Å². The van der Waals surface area contributed by atoms with Crippen molar-refractivity contribution < 1.29 is 32.6 Å². The van der Waals surface area contributed by atoms with Crippen LogP contribution in [0.1, 0.15) is 39.3 Å². The molecular formula is C27H27N3O7S. The summed E-state index contributed by atoms with van der Waals surface area (Å²) in [5.74, 6) is -1.25. The second-order valence-electron chi connectivity index (χ2n) is 9.02. The number of H-pyrrole nitrogens is 1. The molecule has 0 fully saturated rings. The molecule has 2 heterocycles. The molecule has 0 atom stereocenters. The van der Waals surface area contributed by atoms with Gasteiger partial charge in [0.15, 0.2) is 0 Å². The Hall–Kier alpha value is -4.38. The number of nitrogens with one attached hydrogen (secondary N) is 2. The van der Waals surface area contributed by atoms with E-state index < -0.39 is 15.8 Å². The molecule has 3 N–H and O–H groups in total. The number of methoxy groups -OCH3 is 1. The number of aromatic nitrogens is 1. The number of fused-ring (bicyclic) bond motifs is 1. The molecule has 4 rings (SSSR count). The topological polar surface area (TPSA) is 146 Å². The molecule has 11 heteroatoms. The lowest BCUT2D eigenvalue weighted by molar-refractivity contribution is -0.128. The van der Waals surface area contributed by atoms with Crippen molar-refractivity contribution in [3.63, 3.8) is 0 Å². The molecule has 198 valence electrons. The first-order valence-electron chi connectivity index (χ1n) is 11.7. The number of aryl methyl sites for hydroxylation is 1. The molecule has 2 amide bonds. The second kappa shape index (κ2) is 10.2. The number of nitrogens with zero attached hydrogens (tertiary/aromatic N) is 1. The van der Waals surface area contributed by atoms with Crippen LogP contribution >= 0.6 is 0 Å². The molecule has 38 heavy (non-hydrogen) atoms. The second-order valence-corrected chi connectivity index (χ2v) is 10.9. The Kier molecular flexibility index (Phi) is 7.14. The van der Waals surface area contributed by atoms with Gasteiger partial charge >= 0.3 is 5.97 Å². The molecule has 0 unspecified atom stereocenters. The number of anilines is 1. The number of hydrogen-bond donors (Lipinski definition) is 3. The highest BCUT2D eigenvalue weighted by Gasteiger charge is 2.30. The summed E-state index contributed by atoms with van der Waals surface area (Å²) in [7, 11) is 0.550. The molecule has 0 saturated carbocycles. The third-order valence-corrected chi connectivity index (χ3v) is 8.27. The van der Waals surface area contributed by atoms with E-state index in [2.05, 4.69) is 10.3 Å². The van der Waals surface area contributed by atoms with Gasteiger partial charge < -0.3 is 25.0 Å². The maximum absolute atomic E-state index is 13.8. The Morgan fingerprint density at radius 2 is 1.87 bits per heavy atom. The van der Waals surface area contributed by atoms with Gasteiger partial charge in [-0.15, -0.1) is 0 Å². The fourth-order valence-electron chi connectivity index (χ4n) is 4.38. The van der Waals surface area contributed by atoms with Crippen LogP contribution in [-0.2, 0) is 25.8 Å². The van der Waals surface area contributed by atoms with Crippen molar-refractivity contribution in [3.05, 3.63) is 70.5 Å². The average molecular weight is 538 g/mol. The van der Waals surface area contributed by atoms with Crippen LogP contribution in [0, 0.1) is 6.92 Å². The van der Waals surface area contributed by atoms with E-state index in [-0.39, 0.29) is 40.0 Å². The van der Waals surface area contributed by atoms with E-state index in [4.69, 9.17) is 4.74 Å². The van der Waals surface area contributed by atoms with Crippen molar-refractivity contribution in [3.8, 4) is 5.75 Å². The number of ether oxygens (including phenoxy) is 1. The number of amides is 2. The molecule has 3 aromatic rings. The fraction of sp³-hybridized carbons (Fsp3) is 0.222. The van der Waals surface area contributed by atoms with E-state index in [1.165, 1.54) is 30.2 Å². The maximum Gasteiger partial charge on any atom is 0.335 e. The Morgan fingerprint density at radius 3 is 2.53 bits per heavy atom. The van der Waals surface area contributed by atoms with Crippen molar-refractivity contribution in [2.45, 2.75) is 29.6 Å². The number of carbonyl (C=O) groups excluding carboxylic acids is 2.